The first kappa shape index (κ1) is 12.0. The summed E-state index contributed by atoms with van der Waals surface area (Å²) in [6.07, 6.45) is -4.71. The minimum atomic E-state index is -4.50. The number of nitrogens with one attached hydrogen (secondary N) is 1. The van der Waals surface area contributed by atoms with Crippen LogP contribution in [0.15, 0.2) is 24.4 Å². The van der Waals surface area contributed by atoms with Crippen LogP contribution in [0.3, 0.4) is 0 Å². The summed E-state index contributed by atoms with van der Waals surface area (Å²) >= 11 is 5.84. The largest absolute Gasteiger partial charge is 0.396 e. The molecule has 1 heterocycles. The van der Waals surface area contributed by atoms with Crippen molar-refractivity contribution in [2.75, 3.05) is 0 Å². The first-order valence-corrected chi connectivity index (χ1v) is 5.12. The van der Waals surface area contributed by atoms with Crippen molar-refractivity contribution in [2.24, 2.45) is 0 Å². The molecule has 2 aromatic rings. The molecule has 0 aliphatic heterocycles. The monoisotopic (exact) mass is 261 g/mol. The van der Waals surface area contributed by atoms with Gasteiger partial charge in [-0.05, 0) is 6.07 Å². The van der Waals surface area contributed by atoms with Crippen LogP contribution in [-0.4, -0.2) is 16.9 Å². The molecule has 1 N–H and O–H groups in total. The Morgan fingerprint density at radius 3 is 2.71 bits per heavy atom. The van der Waals surface area contributed by atoms with E-state index in [1.807, 2.05) is 0 Å². The quantitative estimate of drug-likeness (QED) is 0.816. The van der Waals surface area contributed by atoms with Gasteiger partial charge in [-0.3, -0.25) is 4.79 Å². The Kier molecular flexibility index (Phi) is 2.87. The Morgan fingerprint density at radius 1 is 1.35 bits per heavy atom. The van der Waals surface area contributed by atoms with Gasteiger partial charge in [0.15, 0.2) is 5.78 Å². The number of ketones is 1. The van der Waals surface area contributed by atoms with Gasteiger partial charge >= 0.3 is 6.18 Å². The van der Waals surface area contributed by atoms with E-state index in [1.165, 1.54) is 6.20 Å². The van der Waals surface area contributed by atoms with Crippen LogP contribution in [0.4, 0.5) is 13.2 Å². The number of benzene rings is 1. The fourth-order valence-electron chi connectivity index (χ4n) is 1.63. The van der Waals surface area contributed by atoms with E-state index in [0.29, 0.717) is 15.9 Å². The topological polar surface area (TPSA) is 32.9 Å². The predicted octanol–water partition coefficient (Wildman–Crippen LogP) is 3.96. The molecule has 17 heavy (non-hydrogen) atoms. The molecule has 0 radical (unpaired) electrons. The second-order valence-electron chi connectivity index (χ2n) is 3.58. The maximum atomic E-state index is 12.1. The first-order chi connectivity index (χ1) is 7.88. The molecule has 0 aliphatic rings. The first-order valence-electron chi connectivity index (χ1n) is 4.74. The van der Waals surface area contributed by atoms with Gasteiger partial charge in [-0.15, -0.1) is 0 Å². The van der Waals surface area contributed by atoms with Gasteiger partial charge in [-0.2, -0.15) is 13.2 Å². The van der Waals surface area contributed by atoms with E-state index in [9.17, 15) is 18.0 Å². The summed E-state index contributed by atoms with van der Waals surface area (Å²) in [7, 11) is 0. The molecule has 0 atom stereocenters. The Bertz CT molecular complexity index is 574. The number of carbonyl (C=O) groups excluding carboxylic acids is 1. The zero-order valence-corrected chi connectivity index (χ0v) is 9.19. The number of para-hydroxylation sites is 1. The number of hydrogen-bond donors (Lipinski definition) is 1. The summed E-state index contributed by atoms with van der Waals surface area (Å²) in [6.45, 7) is 0. The molecular formula is C11H7ClF3NO. The van der Waals surface area contributed by atoms with E-state index in [4.69, 9.17) is 11.6 Å². The smallest absolute Gasteiger partial charge is 0.359 e. The van der Waals surface area contributed by atoms with Crippen LogP contribution in [0.2, 0.25) is 5.02 Å². The lowest BCUT2D eigenvalue weighted by atomic mass is 10.1. The van der Waals surface area contributed by atoms with Crippen LogP contribution >= 0.6 is 11.6 Å². The van der Waals surface area contributed by atoms with Gasteiger partial charge in [0.25, 0.3) is 0 Å². The fourth-order valence-corrected chi connectivity index (χ4v) is 1.85. The van der Waals surface area contributed by atoms with Crippen molar-refractivity contribution in [3.63, 3.8) is 0 Å². The van der Waals surface area contributed by atoms with Crippen molar-refractivity contribution in [3.05, 3.63) is 35.0 Å². The number of aromatic nitrogens is 1. The molecule has 2 rings (SSSR count). The third-order valence-electron chi connectivity index (χ3n) is 2.33. The summed E-state index contributed by atoms with van der Waals surface area (Å²) < 4.78 is 36.4. The van der Waals surface area contributed by atoms with Crippen molar-refractivity contribution in [1.29, 1.82) is 0 Å². The van der Waals surface area contributed by atoms with Gasteiger partial charge in [0.1, 0.15) is 6.42 Å². The number of hydrogen-bond acceptors (Lipinski definition) is 1. The van der Waals surface area contributed by atoms with Gasteiger partial charge in [-0.1, -0.05) is 23.7 Å². The zero-order valence-electron chi connectivity index (χ0n) is 8.44. The van der Waals surface area contributed by atoms with E-state index in [2.05, 4.69) is 4.98 Å². The van der Waals surface area contributed by atoms with E-state index >= 15 is 0 Å². The van der Waals surface area contributed by atoms with Crippen LogP contribution in [0.5, 0.6) is 0 Å². The van der Waals surface area contributed by atoms with Crippen LogP contribution in [0, 0.1) is 0 Å². The number of carbonyl (C=O) groups is 1. The van der Waals surface area contributed by atoms with Crippen molar-refractivity contribution in [3.8, 4) is 0 Å². The fraction of sp³-hybridized carbons (Fsp3) is 0.182. The lowest BCUT2D eigenvalue weighted by molar-refractivity contribution is -0.125. The maximum Gasteiger partial charge on any atom is 0.396 e. The van der Waals surface area contributed by atoms with Gasteiger partial charge in [0, 0.05) is 17.1 Å². The average molecular weight is 262 g/mol. The Labute approximate surface area is 99.4 Å². The summed E-state index contributed by atoms with van der Waals surface area (Å²) in [5.74, 6) is -0.967. The Morgan fingerprint density at radius 2 is 2.06 bits per heavy atom. The molecule has 0 unspecified atom stereocenters. The van der Waals surface area contributed by atoms with Crippen molar-refractivity contribution >= 4 is 28.3 Å². The van der Waals surface area contributed by atoms with E-state index in [1.54, 1.807) is 18.2 Å². The van der Waals surface area contributed by atoms with E-state index < -0.39 is 18.4 Å². The van der Waals surface area contributed by atoms with Crippen LogP contribution in [0.1, 0.15) is 16.8 Å². The second-order valence-corrected chi connectivity index (χ2v) is 3.99. The molecule has 1 aromatic heterocycles. The van der Waals surface area contributed by atoms with Crippen molar-refractivity contribution in [1.82, 2.24) is 4.98 Å². The van der Waals surface area contributed by atoms with Crippen LogP contribution < -0.4 is 0 Å². The van der Waals surface area contributed by atoms with Gasteiger partial charge in [-0.25, -0.2) is 0 Å². The molecule has 0 saturated heterocycles. The minimum absolute atomic E-state index is 0.0137. The third-order valence-corrected chi connectivity index (χ3v) is 2.64. The average Bonchev–Trinajstić information content (AvgIpc) is 2.60. The molecular weight excluding hydrogens is 255 g/mol. The molecule has 6 heteroatoms. The molecule has 0 aliphatic carbocycles. The highest BCUT2D eigenvalue weighted by molar-refractivity contribution is 6.35. The van der Waals surface area contributed by atoms with Crippen molar-refractivity contribution in [2.45, 2.75) is 12.6 Å². The number of fused-ring (bicyclic) bond motifs is 1. The zero-order chi connectivity index (χ0) is 12.6. The molecule has 0 fully saturated rings. The lowest BCUT2D eigenvalue weighted by Gasteiger charge is -2.04. The normalized spacial score (nSPS) is 12.0. The molecule has 0 spiro atoms. The molecule has 0 amide bonds. The number of aromatic amines is 1. The summed E-state index contributed by atoms with van der Waals surface area (Å²) in [4.78, 5) is 14.2. The van der Waals surface area contributed by atoms with Crippen LogP contribution in [-0.2, 0) is 0 Å². The number of halogens is 4. The Hall–Kier alpha value is -1.49. The SMILES string of the molecule is O=C(CC(F)(F)F)c1c[nH]c2c(Cl)cccc12. The molecule has 0 bridgehead atoms. The van der Waals surface area contributed by atoms with Gasteiger partial charge < -0.3 is 4.98 Å². The van der Waals surface area contributed by atoms with Gasteiger partial charge in [0.2, 0.25) is 0 Å². The van der Waals surface area contributed by atoms with E-state index in [-0.39, 0.29) is 5.56 Å². The van der Waals surface area contributed by atoms with Crippen LogP contribution in [0.25, 0.3) is 10.9 Å². The third kappa shape index (κ3) is 2.44. The van der Waals surface area contributed by atoms with Crippen molar-refractivity contribution < 1.29 is 18.0 Å². The Balaban J connectivity index is 2.43. The standard InChI is InChI=1S/C11H7ClF3NO/c12-8-3-1-2-6-7(5-16-10(6)8)9(17)4-11(13,14)15/h1-3,5,16H,4H2. The number of H-pyrrole nitrogens is 1. The molecule has 90 valence electrons. The summed E-state index contributed by atoms with van der Waals surface area (Å²) in [5, 5.41) is 0.778. The molecule has 1 aromatic carbocycles. The predicted molar refractivity (Wildman–Crippen MR) is 58.3 cm³/mol. The second kappa shape index (κ2) is 4.07. The summed E-state index contributed by atoms with van der Waals surface area (Å²) in [6, 6.07) is 4.74. The minimum Gasteiger partial charge on any atom is -0.359 e. The molecule has 2 nitrogen and oxygen atoms in total. The number of alkyl halides is 3. The highest BCUT2D eigenvalue weighted by Crippen LogP contribution is 2.28. The summed E-state index contributed by atoms with van der Waals surface area (Å²) in [5.41, 5.74) is 0.486. The number of rotatable bonds is 2. The van der Waals surface area contributed by atoms with Gasteiger partial charge in [0.05, 0.1) is 10.5 Å². The van der Waals surface area contributed by atoms with E-state index in [0.717, 1.165) is 0 Å². The number of Topliss-reactive ketones (excluding diaryl/α,β-unsaturated/α-hetero) is 1. The highest BCUT2D eigenvalue weighted by atomic mass is 35.5. The maximum absolute atomic E-state index is 12.1. The molecule has 0 saturated carbocycles. The highest BCUT2D eigenvalue weighted by Gasteiger charge is 2.32. The lowest BCUT2D eigenvalue weighted by Crippen LogP contribution is -2.14.